The van der Waals surface area contributed by atoms with Crippen LogP contribution in [0.5, 0.6) is 0 Å². The van der Waals surface area contributed by atoms with Crippen LogP contribution in [0.15, 0.2) is 73.4 Å². The van der Waals surface area contributed by atoms with Gasteiger partial charge in [0.2, 0.25) is 0 Å². The first-order chi connectivity index (χ1) is 23.1. The van der Waals surface area contributed by atoms with Crippen molar-refractivity contribution in [3.8, 4) is 0 Å². The second kappa shape index (κ2) is 23.0. The van der Waals surface area contributed by atoms with Crippen LogP contribution in [0.2, 0.25) is 0 Å². The monoisotopic (exact) mass is 709 g/mol. The molecule has 0 atom stereocenters. The Labute approximate surface area is 334 Å². The first-order valence-corrected chi connectivity index (χ1v) is 18.4. The molecule has 6 aromatic rings. The van der Waals surface area contributed by atoms with E-state index in [0.717, 1.165) is 16.6 Å². The Morgan fingerprint density at radius 1 is 0.520 bits per heavy atom. The Balaban J connectivity index is 0.000000632. The summed E-state index contributed by atoms with van der Waals surface area (Å²) in [7, 11) is 0. The van der Waals surface area contributed by atoms with Gasteiger partial charge >= 0.3 is 0 Å². The summed E-state index contributed by atoms with van der Waals surface area (Å²) < 4.78 is 0. The molecule has 3 N–H and O–H groups in total. The van der Waals surface area contributed by atoms with Gasteiger partial charge in [-0.3, -0.25) is 15.0 Å². The molecule has 0 fully saturated rings. The third-order valence-electron chi connectivity index (χ3n) is 7.62. The summed E-state index contributed by atoms with van der Waals surface area (Å²) in [5.74, 6) is 0. The largest absolute Gasteiger partial charge is 0.358 e. The Kier molecular flexibility index (Phi) is 21.8. The zero-order valence-corrected chi connectivity index (χ0v) is 34.7. The fraction of sp³-hybridized carbons (Fsp3) is 0.512. The molecular formula is C43H68ArN6. The molecule has 278 valence electrons. The number of hydrogen-bond donors (Lipinski definition) is 3. The molecule has 7 heteroatoms. The van der Waals surface area contributed by atoms with E-state index >= 15 is 0 Å². The van der Waals surface area contributed by atoms with E-state index in [4.69, 9.17) is 0 Å². The molecule has 0 amide bonds. The number of unbranched alkanes of at least 4 members (excludes halogenated alkanes) is 3. The molecule has 0 aliphatic carbocycles. The Bertz CT molecular complexity index is 1440. The molecule has 0 saturated heterocycles. The topological polar surface area (TPSA) is 86.0 Å². The van der Waals surface area contributed by atoms with E-state index < -0.39 is 0 Å². The van der Waals surface area contributed by atoms with Gasteiger partial charge in [0, 0.05) is 112 Å². The summed E-state index contributed by atoms with van der Waals surface area (Å²) in [5.41, 5.74) is 8.73. The van der Waals surface area contributed by atoms with Crippen molar-refractivity contribution in [2.45, 2.75) is 146 Å². The molecule has 6 heterocycles. The van der Waals surface area contributed by atoms with Crippen molar-refractivity contribution in [2.75, 3.05) is 0 Å². The van der Waals surface area contributed by atoms with Gasteiger partial charge in [0.15, 0.2) is 0 Å². The second-order valence-electron chi connectivity index (χ2n) is 14.9. The Hall–Kier alpha value is -2.67. The van der Waals surface area contributed by atoms with Crippen LogP contribution in [0.1, 0.15) is 147 Å². The number of nitrogens with zero attached hydrogens (tertiary/aromatic N) is 3. The van der Waals surface area contributed by atoms with Crippen LogP contribution in [0.3, 0.4) is 0 Å². The maximum atomic E-state index is 4.28. The standard InChI is InChI=1S/3C11H14N2.C6H14.2C2H6.Ar/c1-11(2,3)10-6-8-7-12-5-4-9(8)13-10;1-11(2,3)10-6-8-4-5-12-7-9(8)13-10;1-11(2,3)10-7-9-8(13-10)5-4-6-12-9;1-3-5-6-4-2;2*1-2;/h3*4-7,13H,1-3H3;3-6H2,1-2H3;2*1-2H3;. The van der Waals surface area contributed by atoms with Crippen molar-refractivity contribution in [1.29, 1.82) is 0 Å². The maximum Gasteiger partial charge on any atom is 0.0881 e. The quantitative estimate of drug-likeness (QED) is 0.160. The van der Waals surface area contributed by atoms with E-state index in [0.29, 0.717) is 0 Å². The average Bonchev–Trinajstić information content (AvgIpc) is 3.83. The molecule has 0 spiro atoms. The molecule has 0 bridgehead atoms. The first kappa shape index (κ1) is 47.3. The number of H-pyrrole nitrogens is 3. The van der Waals surface area contributed by atoms with E-state index in [2.05, 4.69) is 130 Å². The van der Waals surface area contributed by atoms with Crippen molar-refractivity contribution in [3.05, 3.63) is 90.5 Å². The van der Waals surface area contributed by atoms with Crippen molar-refractivity contribution >= 4 is 32.8 Å². The van der Waals surface area contributed by atoms with E-state index in [9.17, 15) is 0 Å². The van der Waals surface area contributed by atoms with Crippen molar-refractivity contribution in [3.63, 3.8) is 0 Å². The molecule has 0 unspecified atom stereocenters. The van der Waals surface area contributed by atoms with E-state index in [1.165, 1.54) is 59.1 Å². The van der Waals surface area contributed by atoms with Gasteiger partial charge in [-0.15, -0.1) is 0 Å². The number of nitrogens with one attached hydrogen (secondary N) is 3. The van der Waals surface area contributed by atoms with Gasteiger partial charge in [0.1, 0.15) is 0 Å². The Morgan fingerprint density at radius 3 is 1.46 bits per heavy atom. The number of pyridine rings is 3. The van der Waals surface area contributed by atoms with Crippen LogP contribution in [0.25, 0.3) is 32.8 Å². The average molecular weight is 709 g/mol. The molecule has 0 aliphatic heterocycles. The predicted octanol–water partition coefficient (Wildman–Crippen LogP) is 13.2. The molecule has 0 aliphatic rings. The van der Waals surface area contributed by atoms with Crippen LogP contribution in [-0.4, -0.2) is 29.9 Å². The van der Waals surface area contributed by atoms with E-state index in [1.54, 1.807) is 0 Å². The zero-order valence-electron chi connectivity index (χ0n) is 34.0. The molecule has 6 nitrogen and oxygen atoms in total. The third-order valence-corrected chi connectivity index (χ3v) is 7.62. The number of hydrogen-bond acceptors (Lipinski definition) is 3. The van der Waals surface area contributed by atoms with Gasteiger partial charge in [-0.25, -0.2) is 0 Å². The molecule has 6 rings (SSSR count). The van der Waals surface area contributed by atoms with E-state index in [1.807, 2.05) is 76.9 Å². The number of aromatic amines is 3. The van der Waals surface area contributed by atoms with Crippen LogP contribution in [-0.2, 0) is 16.2 Å². The van der Waals surface area contributed by atoms with Crippen molar-refractivity contribution in [1.82, 2.24) is 29.9 Å². The molecule has 0 aromatic carbocycles. The summed E-state index contributed by atoms with van der Waals surface area (Å²) in [5, 5.41) is 2.42. The van der Waals surface area contributed by atoms with Crippen molar-refractivity contribution in [2.24, 2.45) is 0 Å². The molecule has 6 aromatic heterocycles. The third kappa shape index (κ3) is 15.7. The van der Waals surface area contributed by atoms with Crippen LogP contribution in [0.4, 0.5) is 0 Å². The van der Waals surface area contributed by atoms with Gasteiger partial charge in [0.25, 0.3) is 0 Å². The minimum atomic E-state index is 0. The molecular weight excluding hydrogens is 640 g/mol. The summed E-state index contributed by atoms with van der Waals surface area (Å²) >= 11 is 0. The van der Waals surface area contributed by atoms with Crippen LogP contribution >= 0.6 is 0 Å². The SMILES string of the molecule is CC.CC.CC(C)(C)c1cc2ccncc2[nH]1.CC(C)(C)c1cc2cnccc2[nH]1.CC(C)(C)c1cc2ncccc2[nH]1.CCCCCC.[Ar]. The zero-order chi connectivity index (χ0) is 37.3. The van der Waals surface area contributed by atoms with Gasteiger partial charge in [0.05, 0.1) is 22.7 Å². The first-order valence-electron chi connectivity index (χ1n) is 18.4. The van der Waals surface area contributed by atoms with Crippen LogP contribution < -0.4 is 0 Å². The molecule has 0 saturated carbocycles. The van der Waals surface area contributed by atoms with Gasteiger partial charge in [-0.05, 0) is 42.5 Å². The normalized spacial score (nSPS) is 10.9. The minimum absolute atomic E-state index is 0. The fourth-order valence-electron chi connectivity index (χ4n) is 4.61. The van der Waals surface area contributed by atoms with E-state index in [-0.39, 0.29) is 54.0 Å². The summed E-state index contributed by atoms with van der Waals surface area (Å²) in [4.78, 5) is 22.6. The Morgan fingerprint density at radius 2 is 0.980 bits per heavy atom. The predicted molar refractivity (Wildman–Crippen MR) is 217 cm³/mol. The second-order valence-corrected chi connectivity index (χ2v) is 14.9. The number of rotatable bonds is 3. The van der Waals surface area contributed by atoms with Gasteiger partial charge < -0.3 is 15.0 Å². The molecule has 0 radical (unpaired) electrons. The number of fused-ring (bicyclic) bond motifs is 3. The smallest absolute Gasteiger partial charge is 0.0881 e. The minimum Gasteiger partial charge on any atom is -0.358 e. The van der Waals surface area contributed by atoms with Gasteiger partial charge in [-0.1, -0.05) is 130 Å². The maximum absolute atomic E-state index is 4.28. The summed E-state index contributed by atoms with van der Waals surface area (Å²) in [6.07, 6.45) is 14.7. The summed E-state index contributed by atoms with van der Waals surface area (Å²) in [6, 6.07) is 14.5. The fourth-order valence-corrected chi connectivity index (χ4v) is 4.61. The van der Waals surface area contributed by atoms with Crippen molar-refractivity contribution < 1.29 is 37.7 Å². The molecule has 50 heavy (non-hydrogen) atoms. The van der Waals surface area contributed by atoms with Gasteiger partial charge in [-0.2, -0.15) is 0 Å². The summed E-state index contributed by atoms with van der Waals surface area (Å²) in [6.45, 7) is 32.2. The van der Waals surface area contributed by atoms with Crippen LogP contribution in [0, 0.1) is 37.7 Å². The number of aromatic nitrogens is 6.